The van der Waals surface area contributed by atoms with E-state index in [1.54, 1.807) is 42.5 Å². The van der Waals surface area contributed by atoms with Crippen molar-refractivity contribution >= 4 is 52.4 Å². The Morgan fingerprint density at radius 2 is 1.54 bits per heavy atom. The fourth-order valence-electron chi connectivity index (χ4n) is 4.80. The van der Waals surface area contributed by atoms with Gasteiger partial charge in [-0.05, 0) is 62.4 Å². The fourth-order valence-corrected chi connectivity index (χ4v) is 5.37. The number of benzene rings is 2. The Hall–Kier alpha value is -2.90. The molecule has 2 aromatic carbocycles. The molecule has 3 amide bonds. The average molecular weight is 575 g/mol. The summed E-state index contributed by atoms with van der Waals surface area (Å²) in [6.45, 7) is 7.45. The highest BCUT2D eigenvalue weighted by atomic mass is 35.5. The van der Waals surface area contributed by atoms with Gasteiger partial charge in [0.2, 0.25) is 11.8 Å². The van der Waals surface area contributed by atoms with Gasteiger partial charge in [-0.1, -0.05) is 75.0 Å². The van der Waals surface area contributed by atoms with Crippen molar-refractivity contribution in [1.82, 2.24) is 10.6 Å². The Kier molecular flexibility index (Phi) is 10.2. The van der Waals surface area contributed by atoms with Crippen molar-refractivity contribution in [1.29, 1.82) is 0 Å². The quantitative estimate of drug-likeness (QED) is 0.325. The first-order valence-corrected chi connectivity index (χ1v) is 14.0. The highest BCUT2D eigenvalue weighted by Gasteiger charge is 2.42. The molecule has 1 unspecified atom stereocenters. The molecular weight excluding hydrogens is 537 g/mol. The molecule has 210 valence electrons. The number of hydrogen-bond donors (Lipinski definition) is 3. The number of nitrogens with one attached hydrogen (secondary N) is 3. The molecule has 0 radical (unpaired) electrons. The number of amides is 3. The maximum Gasteiger partial charge on any atom is 0.258 e. The summed E-state index contributed by atoms with van der Waals surface area (Å²) in [5, 5.41) is 9.24. The first kappa shape index (κ1) is 30.6. The summed E-state index contributed by atoms with van der Waals surface area (Å²) in [5.74, 6) is -0.742. The summed E-state index contributed by atoms with van der Waals surface area (Å²) in [6, 6.07) is 11.2. The first-order chi connectivity index (χ1) is 18.3. The second kappa shape index (κ2) is 13.0. The molecule has 0 heterocycles. The van der Waals surface area contributed by atoms with Crippen LogP contribution in [0.25, 0.3) is 0 Å². The molecule has 1 atom stereocenters. The molecule has 0 aromatic heterocycles. The van der Waals surface area contributed by atoms with Gasteiger partial charge in [-0.2, -0.15) is 0 Å². The Morgan fingerprint density at radius 1 is 0.949 bits per heavy atom. The maximum absolute atomic E-state index is 13.5. The van der Waals surface area contributed by atoms with Crippen LogP contribution in [0.3, 0.4) is 0 Å². The number of ketones is 1. The fraction of sp³-hybridized carbons (Fsp3) is 0.467. The highest BCUT2D eigenvalue weighted by molar-refractivity contribution is 6.40. The minimum Gasteiger partial charge on any atom is -0.356 e. The van der Waals surface area contributed by atoms with Gasteiger partial charge in [0.1, 0.15) is 0 Å². The number of halogens is 2. The molecule has 9 heteroatoms. The Balaban J connectivity index is 1.63. The topological polar surface area (TPSA) is 104 Å². The average Bonchev–Trinajstić information content (AvgIpc) is 3.34. The predicted molar refractivity (Wildman–Crippen MR) is 155 cm³/mol. The van der Waals surface area contributed by atoms with Crippen LogP contribution >= 0.6 is 23.2 Å². The van der Waals surface area contributed by atoms with Gasteiger partial charge in [0.05, 0.1) is 27.1 Å². The summed E-state index contributed by atoms with van der Waals surface area (Å²) >= 11 is 12.3. The molecule has 1 fully saturated rings. The molecule has 0 aliphatic heterocycles. The molecule has 0 spiro atoms. The highest BCUT2D eigenvalue weighted by Crippen LogP contribution is 2.41. The van der Waals surface area contributed by atoms with Gasteiger partial charge < -0.3 is 16.0 Å². The Morgan fingerprint density at radius 3 is 2.08 bits per heavy atom. The molecule has 2 aromatic rings. The van der Waals surface area contributed by atoms with E-state index in [9.17, 15) is 19.2 Å². The predicted octanol–water partition coefficient (Wildman–Crippen LogP) is 5.97. The molecule has 3 N–H and O–H groups in total. The summed E-state index contributed by atoms with van der Waals surface area (Å²) in [7, 11) is 0. The first-order valence-electron chi connectivity index (χ1n) is 13.3. The van der Waals surface area contributed by atoms with Gasteiger partial charge in [-0.15, -0.1) is 0 Å². The summed E-state index contributed by atoms with van der Waals surface area (Å²) in [5.41, 5.74) is 0.494. The molecule has 0 bridgehead atoms. The molecule has 39 heavy (non-hydrogen) atoms. The zero-order valence-corrected chi connectivity index (χ0v) is 24.5. The van der Waals surface area contributed by atoms with Gasteiger partial charge in [0, 0.05) is 17.6 Å². The van der Waals surface area contributed by atoms with E-state index in [1.807, 2.05) is 20.8 Å². The van der Waals surface area contributed by atoms with Crippen LogP contribution in [-0.2, 0) is 20.8 Å². The number of anilines is 1. The molecule has 7 nitrogen and oxygen atoms in total. The van der Waals surface area contributed by atoms with E-state index in [-0.39, 0.29) is 33.2 Å². The van der Waals surface area contributed by atoms with E-state index in [1.165, 1.54) is 6.92 Å². The summed E-state index contributed by atoms with van der Waals surface area (Å²) in [4.78, 5) is 50.9. The van der Waals surface area contributed by atoms with Crippen LogP contribution in [-0.4, -0.2) is 36.1 Å². The van der Waals surface area contributed by atoms with E-state index in [0.29, 0.717) is 25.1 Å². The molecule has 1 aliphatic carbocycles. The Labute approximate surface area is 240 Å². The normalized spacial score (nSPS) is 15.3. The van der Waals surface area contributed by atoms with E-state index >= 15 is 0 Å². The monoisotopic (exact) mass is 573 g/mol. The van der Waals surface area contributed by atoms with Crippen LogP contribution in [0, 0.1) is 10.8 Å². The van der Waals surface area contributed by atoms with Crippen molar-refractivity contribution in [2.24, 2.45) is 10.8 Å². The Bertz CT molecular complexity index is 1200. The maximum atomic E-state index is 13.5. The minimum atomic E-state index is -0.679. The molecule has 0 saturated heterocycles. The van der Waals surface area contributed by atoms with Crippen molar-refractivity contribution in [3.63, 3.8) is 0 Å². The number of carbonyl (C=O) groups excluding carboxylic acids is 4. The van der Waals surface area contributed by atoms with Gasteiger partial charge >= 0.3 is 0 Å². The van der Waals surface area contributed by atoms with Crippen LogP contribution in [0.1, 0.15) is 75.7 Å². The lowest BCUT2D eigenvalue weighted by atomic mass is 9.81. The lowest BCUT2D eigenvalue weighted by molar-refractivity contribution is -0.135. The van der Waals surface area contributed by atoms with Crippen molar-refractivity contribution in [3.05, 3.63) is 63.6 Å². The zero-order valence-electron chi connectivity index (χ0n) is 23.0. The SMILES string of the molecule is CC(=O)C(Cc1ccc(NC(=O)c2c(Cl)cccc2Cl)cc1)NC(=O)C1(CCNC(=O)C(C)(C)C)CCCC1. The number of rotatable bonds is 10. The number of carbonyl (C=O) groups is 4. The standard InChI is InChI=1S/C30H37Cl2N3O4/c1-19(36)24(35-28(39)30(14-5-6-15-30)16-17-33-27(38)29(2,3)4)18-20-10-12-21(13-11-20)34-26(37)25-22(31)8-7-9-23(25)32/h7-13,24H,5-6,14-18H2,1-4H3,(H,33,38)(H,34,37)(H,35,39). The molecule has 1 saturated carbocycles. The molecular formula is C30H37Cl2N3O4. The summed E-state index contributed by atoms with van der Waals surface area (Å²) in [6.07, 6.45) is 4.21. The van der Waals surface area contributed by atoms with Crippen molar-refractivity contribution in [2.75, 3.05) is 11.9 Å². The van der Waals surface area contributed by atoms with Crippen LogP contribution in [0.2, 0.25) is 10.0 Å². The number of Topliss-reactive ketones (excluding diaryl/α,β-unsaturated/α-hetero) is 1. The van der Waals surface area contributed by atoms with Crippen molar-refractivity contribution in [3.8, 4) is 0 Å². The van der Waals surface area contributed by atoms with Gasteiger partial charge in [-0.3, -0.25) is 19.2 Å². The molecule has 3 rings (SSSR count). The number of hydrogen-bond acceptors (Lipinski definition) is 4. The van der Waals surface area contributed by atoms with E-state index in [0.717, 1.165) is 31.2 Å². The van der Waals surface area contributed by atoms with E-state index in [4.69, 9.17) is 23.2 Å². The van der Waals surface area contributed by atoms with Gasteiger partial charge in [0.15, 0.2) is 5.78 Å². The van der Waals surface area contributed by atoms with Crippen molar-refractivity contribution in [2.45, 2.75) is 72.3 Å². The van der Waals surface area contributed by atoms with E-state index in [2.05, 4.69) is 16.0 Å². The lowest BCUT2D eigenvalue weighted by Crippen LogP contribution is -2.49. The third kappa shape index (κ3) is 8.05. The third-order valence-electron chi connectivity index (χ3n) is 7.25. The van der Waals surface area contributed by atoms with Crippen LogP contribution < -0.4 is 16.0 Å². The zero-order chi connectivity index (χ0) is 28.8. The second-order valence-corrected chi connectivity index (χ2v) is 12.1. The van der Waals surface area contributed by atoms with Gasteiger partial charge in [0.25, 0.3) is 5.91 Å². The van der Waals surface area contributed by atoms with Crippen LogP contribution in [0.4, 0.5) is 5.69 Å². The second-order valence-electron chi connectivity index (χ2n) is 11.3. The summed E-state index contributed by atoms with van der Waals surface area (Å²) < 4.78 is 0. The van der Waals surface area contributed by atoms with Crippen LogP contribution in [0.15, 0.2) is 42.5 Å². The van der Waals surface area contributed by atoms with Crippen molar-refractivity contribution < 1.29 is 19.2 Å². The van der Waals surface area contributed by atoms with Crippen LogP contribution in [0.5, 0.6) is 0 Å². The van der Waals surface area contributed by atoms with E-state index < -0.39 is 22.8 Å². The third-order valence-corrected chi connectivity index (χ3v) is 7.88. The largest absolute Gasteiger partial charge is 0.356 e. The molecule has 1 aliphatic rings. The smallest absolute Gasteiger partial charge is 0.258 e. The minimum absolute atomic E-state index is 0.0488. The van der Waals surface area contributed by atoms with Gasteiger partial charge in [-0.25, -0.2) is 0 Å². The lowest BCUT2D eigenvalue weighted by Gasteiger charge is -2.30.